The van der Waals surface area contributed by atoms with Crippen LogP contribution < -0.4 is 19.5 Å². The molecule has 1 unspecified atom stereocenters. The van der Waals surface area contributed by atoms with Gasteiger partial charge in [-0.1, -0.05) is 18.2 Å². The van der Waals surface area contributed by atoms with Crippen LogP contribution in [0.25, 0.3) is 11.1 Å². The Morgan fingerprint density at radius 2 is 1.74 bits per heavy atom. The third kappa shape index (κ3) is 3.59. The fourth-order valence-electron chi connectivity index (χ4n) is 4.12. The van der Waals surface area contributed by atoms with Gasteiger partial charge in [0, 0.05) is 17.3 Å². The lowest BCUT2D eigenvalue weighted by Crippen LogP contribution is -2.39. The van der Waals surface area contributed by atoms with Gasteiger partial charge in [-0.05, 0) is 60.9 Å². The van der Waals surface area contributed by atoms with Crippen molar-refractivity contribution < 1.29 is 37.7 Å². The number of fused-ring (bicyclic) bond motifs is 2. The number of rotatable bonds is 4. The van der Waals surface area contributed by atoms with Gasteiger partial charge in [0.2, 0.25) is 5.91 Å². The highest BCUT2D eigenvalue weighted by atomic mass is 19.3. The number of alkyl halides is 2. The Hall–Kier alpha value is -4.14. The molecule has 0 fully saturated rings. The van der Waals surface area contributed by atoms with Gasteiger partial charge < -0.3 is 24.6 Å². The Morgan fingerprint density at radius 1 is 1.00 bits per heavy atom. The van der Waals surface area contributed by atoms with Crippen molar-refractivity contribution in [3.8, 4) is 28.4 Å². The number of aromatic carboxylic acids is 1. The number of halogens is 2. The molecule has 3 aromatic rings. The number of nitrogens with one attached hydrogen (secondary N) is 1. The molecule has 0 aliphatic carbocycles. The zero-order valence-electron chi connectivity index (χ0n) is 18.1. The Bertz CT molecular complexity index is 1360. The van der Waals surface area contributed by atoms with E-state index in [4.69, 9.17) is 4.74 Å². The molecule has 5 rings (SSSR count). The summed E-state index contributed by atoms with van der Waals surface area (Å²) in [5.41, 5.74) is 2.25. The predicted octanol–water partition coefficient (Wildman–Crippen LogP) is 4.97. The summed E-state index contributed by atoms with van der Waals surface area (Å²) in [5.74, 6) is -1.47. The lowest BCUT2D eigenvalue weighted by Gasteiger charge is -2.22. The first-order valence-electron chi connectivity index (χ1n) is 10.4. The molecule has 2 aliphatic rings. The molecule has 0 radical (unpaired) electrons. The first-order valence-corrected chi connectivity index (χ1v) is 10.4. The van der Waals surface area contributed by atoms with Crippen molar-refractivity contribution >= 4 is 17.6 Å². The van der Waals surface area contributed by atoms with Crippen LogP contribution in [0.4, 0.5) is 14.5 Å². The van der Waals surface area contributed by atoms with Gasteiger partial charge in [0.15, 0.2) is 11.5 Å². The molecule has 0 saturated heterocycles. The number of anilines is 1. The second-order valence-corrected chi connectivity index (χ2v) is 8.45. The second kappa shape index (κ2) is 7.44. The number of amides is 1. The van der Waals surface area contributed by atoms with Crippen LogP contribution in [0.2, 0.25) is 0 Å². The average molecular weight is 467 g/mol. The molecule has 0 bridgehead atoms. The zero-order valence-corrected chi connectivity index (χ0v) is 18.1. The molecule has 1 amide bonds. The highest BCUT2D eigenvalue weighted by Crippen LogP contribution is 2.50. The predicted molar refractivity (Wildman–Crippen MR) is 118 cm³/mol. The number of hydrogen-bond donors (Lipinski definition) is 2. The van der Waals surface area contributed by atoms with E-state index in [0.29, 0.717) is 16.8 Å². The zero-order chi connectivity index (χ0) is 24.3. The van der Waals surface area contributed by atoms with E-state index in [1.165, 1.54) is 18.2 Å². The van der Waals surface area contributed by atoms with Crippen molar-refractivity contribution in [1.82, 2.24) is 0 Å². The van der Waals surface area contributed by atoms with Crippen LogP contribution in [0.5, 0.6) is 17.2 Å². The summed E-state index contributed by atoms with van der Waals surface area (Å²) in [7, 11) is 0. The maximum Gasteiger partial charge on any atom is 0.586 e. The summed E-state index contributed by atoms with van der Waals surface area (Å²) >= 11 is 0. The summed E-state index contributed by atoms with van der Waals surface area (Å²) in [5, 5.41) is 12.2. The number of carboxylic acids is 1. The Morgan fingerprint density at radius 3 is 2.47 bits per heavy atom. The van der Waals surface area contributed by atoms with E-state index < -0.39 is 23.6 Å². The summed E-state index contributed by atoms with van der Waals surface area (Å²) in [6, 6.07) is 14.5. The fourth-order valence-corrected chi connectivity index (χ4v) is 4.12. The molecule has 1 atom stereocenters. The quantitative estimate of drug-likeness (QED) is 0.563. The number of carbonyl (C=O) groups is 2. The fraction of sp³-hybridized carbons (Fsp3) is 0.200. The third-order valence-electron chi connectivity index (χ3n) is 6.03. The first kappa shape index (κ1) is 21.7. The molecule has 2 heterocycles. The highest BCUT2D eigenvalue weighted by molar-refractivity contribution is 6.01. The minimum absolute atomic E-state index is 0.00677. The molecule has 174 valence electrons. The summed E-state index contributed by atoms with van der Waals surface area (Å²) in [4.78, 5) is 24.7. The van der Waals surface area contributed by atoms with Crippen molar-refractivity contribution in [3.63, 3.8) is 0 Å². The first-order chi connectivity index (χ1) is 16.1. The van der Waals surface area contributed by atoms with E-state index in [-0.39, 0.29) is 29.4 Å². The van der Waals surface area contributed by atoms with Gasteiger partial charge in [-0.3, -0.25) is 4.79 Å². The number of carboxylic acid groups (broad SMARTS) is 1. The van der Waals surface area contributed by atoms with Crippen LogP contribution in [0.3, 0.4) is 0 Å². The van der Waals surface area contributed by atoms with Gasteiger partial charge in [-0.2, -0.15) is 0 Å². The average Bonchev–Trinajstić information content (AvgIpc) is 3.28. The maximum absolute atomic E-state index is 13.4. The van der Waals surface area contributed by atoms with Gasteiger partial charge >= 0.3 is 12.3 Å². The van der Waals surface area contributed by atoms with Crippen LogP contribution in [-0.2, 0) is 10.2 Å². The number of ether oxygens (including phenoxy) is 3. The molecular weight excluding hydrogens is 448 g/mol. The van der Waals surface area contributed by atoms with Gasteiger partial charge in [-0.25, -0.2) is 4.79 Å². The van der Waals surface area contributed by atoms with Crippen LogP contribution in [-0.4, -0.2) is 29.9 Å². The smallest absolute Gasteiger partial charge is 0.492 e. The van der Waals surface area contributed by atoms with Crippen molar-refractivity contribution in [1.29, 1.82) is 0 Å². The number of hydrogen-bond acceptors (Lipinski definition) is 5. The molecule has 34 heavy (non-hydrogen) atoms. The topological polar surface area (TPSA) is 94.1 Å². The largest absolute Gasteiger partial charge is 0.586 e. The monoisotopic (exact) mass is 467 g/mol. The summed E-state index contributed by atoms with van der Waals surface area (Å²) in [6.07, 6.45) is -3.77. The van der Waals surface area contributed by atoms with Crippen LogP contribution in [0.15, 0.2) is 54.6 Å². The Labute approximate surface area is 192 Å². The van der Waals surface area contributed by atoms with Gasteiger partial charge in [0.1, 0.15) is 17.8 Å². The van der Waals surface area contributed by atoms with Gasteiger partial charge in [-0.15, -0.1) is 8.78 Å². The van der Waals surface area contributed by atoms with Crippen LogP contribution >= 0.6 is 0 Å². The molecule has 0 saturated carbocycles. The maximum atomic E-state index is 13.4. The highest BCUT2D eigenvalue weighted by Gasteiger charge is 2.48. The van der Waals surface area contributed by atoms with E-state index >= 15 is 0 Å². The van der Waals surface area contributed by atoms with Crippen molar-refractivity contribution in [3.05, 3.63) is 71.3 Å². The standard InChI is InChI=1S/C25H19F2NO6/c1-13-6-7-16(9-17(13)14-4-3-5-15(8-14)22(29)30)28-23(31)24(2)12-32-19-11-21-20(10-18(19)24)33-25(26,27)34-21/h3-11H,12H2,1-2H3,(H,28,31)(H,29,30). The SMILES string of the molecule is Cc1ccc(NC(=O)C2(C)COc3cc4c(cc32)OC(F)(F)O4)cc1-c1cccc(C(=O)O)c1. The molecule has 2 aliphatic heterocycles. The minimum atomic E-state index is -3.77. The number of benzene rings is 3. The second-order valence-electron chi connectivity index (χ2n) is 8.45. The van der Waals surface area contributed by atoms with Crippen LogP contribution in [0.1, 0.15) is 28.4 Å². The molecule has 3 aromatic carbocycles. The Balaban J connectivity index is 1.44. The molecule has 0 aromatic heterocycles. The van der Waals surface area contributed by atoms with Crippen molar-refractivity contribution in [2.75, 3.05) is 11.9 Å². The molecule has 0 spiro atoms. The lowest BCUT2D eigenvalue weighted by molar-refractivity contribution is -0.286. The van der Waals surface area contributed by atoms with Gasteiger partial charge in [0.05, 0.1) is 5.56 Å². The lowest BCUT2D eigenvalue weighted by atomic mass is 9.83. The third-order valence-corrected chi connectivity index (χ3v) is 6.03. The van der Waals surface area contributed by atoms with Crippen molar-refractivity contribution in [2.24, 2.45) is 0 Å². The van der Waals surface area contributed by atoms with Crippen molar-refractivity contribution in [2.45, 2.75) is 25.6 Å². The van der Waals surface area contributed by atoms with Gasteiger partial charge in [0.25, 0.3) is 0 Å². The Kier molecular flexibility index (Phi) is 4.75. The molecular formula is C25H19F2NO6. The molecule has 7 nitrogen and oxygen atoms in total. The normalized spacial score (nSPS) is 19.3. The van der Waals surface area contributed by atoms with E-state index in [9.17, 15) is 23.5 Å². The minimum Gasteiger partial charge on any atom is -0.492 e. The summed E-state index contributed by atoms with van der Waals surface area (Å²) < 4.78 is 41.5. The number of aryl methyl sites for hydroxylation is 1. The van der Waals surface area contributed by atoms with Crippen LogP contribution in [0, 0.1) is 6.92 Å². The van der Waals surface area contributed by atoms with E-state index in [0.717, 1.165) is 11.1 Å². The molecule has 9 heteroatoms. The molecule has 2 N–H and O–H groups in total. The summed E-state index contributed by atoms with van der Waals surface area (Å²) in [6.45, 7) is 3.54. The number of carbonyl (C=O) groups excluding carboxylic acids is 1. The van der Waals surface area contributed by atoms with E-state index in [1.807, 2.05) is 13.0 Å². The van der Waals surface area contributed by atoms with E-state index in [1.54, 1.807) is 37.3 Å². The van der Waals surface area contributed by atoms with E-state index in [2.05, 4.69) is 14.8 Å².